The number of amides is 1. The third-order valence-corrected chi connectivity index (χ3v) is 5.37. The van der Waals surface area contributed by atoms with Gasteiger partial charge in [0.05, 0.1) is 5.39 Å². The van der Waals surface area contributed by atoms with E-state index in [0.717, 1.165) is 29.0 Å². The lowest BCUT2D eigenvalue weighted by Gasteiger charge is -2.37. The lowest BCUT2D eigenvalue weighted by Crippen LogP contribution is -2.46. The number of halogens is 2. The normalized spacial score (nSPS) is 14.8. The fraction of sp³-hybridized carbons (Fsp3) is 0.300. The van der Waals surface area contributed by atoms with Crippen molar-refractivity contribution in [2.75, 3.05) is 25.0 Å². The second-order valence-corrected chi connectivity index (χ2v) is 7.00. The van der Waals surface area contributed by atoms with Crippen molar-refractivity contribution < 1.29 is 13.6 Å². The minimum Gasteiger partial charge on any atom is -0.356 e. The molecule has 148 valence electrons. The zero-order chi connectivity index (χ0) is 20.5. The Bertz CT molecular complexity index is 1090. The lowest BCUT2D eigenvalue weighted by atomic mass is 10.0. The first-order valence-corrected chi connectivity index (χ1v) is 9.19. The van der Waals surface area contributed by atoms with Gasteiger partial charge < -0.3 is 14.8 Å². The molecule has 29 heavy (non-hydrogen) atoms. The van der Waals surface area contributed by atoms with E-state index in [1.807, 2.05) is 19.3 Å². The third kappa shape index (κ3) is 3.38. The van der Waals surface area contributed by atoms with Gasteiger partial charge in [-0.05, 0) is 31.0 Å². The van der Waals surface area contributed by atoms with Gasteiger partial charge in [-0.1, -0.05) is 0 Å². The highest BCUT2D eigenvalue weighted by molar-refractivity contribution is 5.94. The van der Waals surface area contributed by atoms with E-state index in [2.05, 4.69) is 19.9 Å². The molecule has 1 saturated heterocycles. The van der Waals surface area contributed by atoms with Gasteiger partial charge in [-0.15, -0.1) is 0 Å². The number of piperidine rings is 1. The molecule has 9 heteroatoms. The molecule has 3 aromatic rings. The summed E-state index contributed by atoms with van der Waals surface area (Å²) in [6, 6.07) is 5.40. The van der Waals surface area contributed by atoms with Crippen LogP contribution in [0.4, 0.5) is 14.6 Å². The number of fused-ring (bicyclic) bond motifs is 1. The molecule has 0 saturated carbocycles. The smallest absolute Gasteiger partial charge is 0.254 e. The zero-order valence-electron chi connectivity index (χ0n) is 15.7. The minimum absolute atomic E-state index is 0.0874. The number of carbonyl (C=O) groups is 1. The SMILES string of the molecule is CN(c1ncnc2[nH]ccc12)C1CCN(C(=O)c2cc(F)c(C#N)c(F)c2)CC1. The standard InChI is InChI=1S/C20H18F2N6O/c1-27(19-14-2-5-24-18(14)25-11-26-19)13-3-6-28(7-4-13)20(29)12-8-16(21)15(10-23)17(22)9-12/h2,5,8-9,11,13H,3-4,6-7H2,1H3,(H,24,25,26). The Balaban J connectivity index is 1.46. The molecule has 0 radical (unpaired) electrons. The maximum atomic E-state index is 13.8. The van der Waals surface area contributed by atoms with Gasteiger partial charge in [0.25, 0.3) is 5.91 Å². The summed E-state index contributed by atoms with van der Waals surface area (Å²) in [5.74, 6) is -1.67. The first-order valence-electron chi connectivity index (χ1n) is 9.19. The van der Waals surface area contributed by atoms with Crippen LogP contribution in [-0.2, 0) is 0 Å². The minimum atomic E-state index is -1.02. The largest absolute Gasteiger partial charge is 0.356 e. The number of likely N-dealkylation sites (tertiary alicyclic amines) is 1. The van der Waals surface area contributed by atoms with Crippen molar-refractivity contribution in [1.82, 2.24) is 19.9 Å². The highest BCUT2D eigenvalue weighted by atomic mass is 19.1. The molecule has 2 aromatic heterocycles. The van der Waals surface area contributed by atoms with Crippen molar-refractivity contribution >= 4 is 22.8 Å². The fourth-order valence-electron chi connectivity index (χ4n) is 3.75. The highest BCUT2D eigenvalue weighted by Gasteiger charge is 2.28. The number of hydrogen-bond donors (Lipinski definition) is 1. The monoisotopic (exact) mass is 396 g/mol. The van der Waals surface area contributed by atoms with E-state index >= 15 is 0 Å². The number of anilines is 1. The van der Waals surface area contributed by atoms with Crippen LogP contribution < -0.4 is 4.90 Å². The first-order chi connectivity index (χ1) is 14.0. The van der Waals surface area contributed by atoms with Crippen molar-refractivity contribution in [2.24, 2.45) is 0 Å². The van der Waals surface area contributed by atoms with Crippen LogP contribution in [0.5, 0.6) is 0 Å². The van der Waals surface area contributed by atoms with Crippen molar-refractivity contribution in [3.63, 3.8) is 0 Å². The summed E-state index contributed by atoms with van der Waals surface area (Å²) < 4.78 is 27.7. The molecule has 0 atom stereocenters. The average molecular weight is 396 g/mol. The second-order valence-electron chi connectivity index (χ2n) is 7.00. The van der Waals surface area contributed by atoms with Gasteiger partial charge in [-0.25, -0.2) is 18.7 Å². The summed E-state index contributed by atoms with van der Waals surface area (Å²) in [5.41, 5.74) is -0.00206. The maximum absolute atomic E-state index is 13.8. The van der Waals surface area contributed by atoms with Crippen LogP contribution in [0, 0.1) is 23.0 Å². The molecule has 1 fully saturated rings. The summed E-state index contributed by atoms with van der Waals surface area (Å²) >= 11 is 0. The number of aromatic nitrogens is 3. The summed E-state index contributed by atoms with van der Waals surface area (Å²) in [4.78, 5) is 28.0. The molecule has 1 aliphatic rings. The van der Waals surface area contributed by atoms with Gasteiger partial charge in [0.2, 0.25) is 0 Å². The number of benzene rings is 1. The van der Waals surface area contributed by atoms with E-state index in [4.69, 9.17) is 5.26 Å². The molecule has 1 N–H and O–H groups in total. The van der Waals surface area contributed by atoms with Gasteiger partial charge in [0.1, 0.15) is 41.1 Å². The van der Waals surface area contributed by atoms with Crippen LogP contribution in [0.3, 0.4) is 0 Å². The number of aromatic amines is 1. The van der Waals surface area contributed by atoms with Crippen molar-refractivity contribution in [2.45, 2.75) is 18.9 Å². The van der Waals surface area contributed by atoms with Crippen LogP contribution in [0.2, 0.25) is 0 Å². The quantitative estimate of drug-likeness (QED) is 0.735. The molecule has 0 spiro atoms. The van der Waals surface area contributed by atoms with Crippen LogP contribution in [0.15, 0.2) is 30.7 Å². The number of hydrogen-bond acceptors (Lipinski definition) is 5. The molecule has 0 unspecified atom stereocenters. The van der Waals surface area contributed by atoms with Gasteiger partial charge in [-0.2, -0.15) is 5.26 Å². The molecule has 1 amide bonds. The zero-order valence-corrected chi connectivity index (χ0v) is 15.7. The fourth-order valence-corrected chi connectivity index (χ4v) is 3.75. The van der Waals surface area contributed by atoms with Crippen LogP contribution >= 0.6 is 0 Å². The molecular formula is C20H18F2N6O. The number of nitrogens with one attached hydrogen (secondary N) is 1. The number of rotatable bonds is 3. The molecule has 3 heterocycles. The Hall–Kier alpha value is -3.54. The second kappa shape index (κ2) is 7.47. The molecule has 1 aromatic carbocycles. The van der Waals surface area contributed by atoms with Crippen molar-refractivity contribution in [3.8, 4) is 6.07 Å². The number of carbonyl (C=O) groups excluding carboxylic acids is 1. The molecule has 7 nitrogen and oxygen atoms in total. The molecule has 4 rings (SSSR count). The van der Waals surface area contributed by atoms with Crippen LogP contribution in [0.1, 0.15) is 28.8 Å². The van der Waals surface area contributed by atoms with Crippen LogP contribution in [-0.4, -0.2) is 51.9 Å². The molecule has 0 bridgehead atoms. The first kappa shape index (κ1) is 18.8. The highest BCUT2D eigenvalue weighted by Crippen LogP contribution is 2.27. The Morgan fingerprint density at radius 2 is 1.97 bits per heavy atom. The Morgan fingerprint density at radius 3 is 2.62 bits per heavy atom. The van der Waals surface area contributed by atoms with Gasteiger partial charge in [0, 0.05) is 37.9 Å². The Labute approximate surface area is 165 Å². The predicted molar refractivity (Wildman–Crippen MR) is 102 cm³/mol. The average Bonchev–Trinajstić information content (AvgIpc) is 3.21. The van der Waals surface area contributed by atoms with E-state index in [1.54, 1.807) is 4.90 Å². The molecule has 1 aliphatic heterocycles. The summed E-state index contributed by atoms with van der Waals surface area (Å²) in [7, 11) is 1.96. The van der Waals surface area contributed by atoms with Crippen LogP contribution in [0.25, 0.3) is 11.0 Å². The van der Waals surface area contributed by atoms with Gasteiger partial charge >= 0.3 is 0 Å². The topological polar surface area (TPSA) is 88.9 Å². The van der Waals surface area contributed by atoms with Gasteiger partial charge in [0.15, 0.2) is 0 Å². The predicted octanol–water partition coefficient (Wildman–Crippen LogP) is 2.85. The summed E-state index contributed by atoms with van der Waals surface area (Å²) in [6.45, 7) is 0.914. The molecular weight excluding hydrogens is 378 g/mol. The van der Waals surface area contributed by atoms with E-state index in [-0.39, 0.29) is 11.6 Å². The summed E-state index contributed by atoms with van der Waals surface area (Å²) in [5, 5.41) is 9.69. The molecule has 0 aliphatic carbocycles. The van der Waals surface area contributed by atoms with Gasteiger partial charge in [-0.3, -0.25) is 4.79 Å². The third-order valence-electron chi connectivity index (χ3n) is 5.37. The van der Waals surface area contributed by atoms with E-state index in [1.165, 1.54) is 12.4 Å². The number of nitrogens with zero attached hydrogens (tertiary/aromatic N) is 5. The Kier molecular flexibility index (Phi) is 4.84. The number of nitriles is 1. The van der Waals surface area contributed by atoms with Crippen molar-refractivity contribution in [3.05, 3.63) is 53.5 Å². The Morgan fingerprint density at radius 1 is 1.28 bits per heavy atom. The van der Waals surface area contributed by atoms with Crippen molar-refractivity contribution in [1.29, 1.82) is 5.26 Å². The van der Waals surface area contributed by atoms with E-state index in [0.29, 0.717) is 25.9 Å². The maximum Gasteiger partial charge on any atom is 0.254 e. The van der Waals surface area contributed by atoms with E-state index in [9.17, 15) is 13.6 Å². The number of H-pyrrole nitrogens is 1. The lowest BCUT2D eigenvalue weighted by molar-refractivity contribution is 0.0712. The summed E-state index contributed by atoms with van der Waals surface area (Å²) in [6.07, 6.45) is 4.71. The van der Waals surface area contributed by atoms with E-state index < -0.39 is 23.1 Å².